The molecule has 2 aliphatic rings. The predicted octanol–water partition coefficient (Wildman–Crippen LogP) is 3.93. The standard InChI is InChI=1S/C22H30N4O3/c1-15-6-7-17(16-14-23-19(28-5)24-18(15)16)25-11-8-22(9-12-25)10-13-26(22)20(27)29-21(2,3)4/h6-7,14H,8-13H2,1-5H3. The number of hydrogen-bond donors (Lipinski definition) is 0. The van der Waals surface area contributed by atoms with E-state index in [1.165, 1.54) is 0 Å². The Hall–Kier alpha value is -2.57. The van der Waals surface area contributed by atoms with Crippen LogP contribution < -0.4 is 9.64 Å². The minimum absolute atomic E-state index is 0.0565. The van der Waals surface area contributed by atoms with Crippen LogP contribution in [0.1, 0.15) is 45.6 Å². The Morgan fingerprint density at radius 1 is 1.14 bits per heavy atom. The molecule has 2 aromatic rings. The molecule has 1 spiro atoms. The average molecular weight is 399 g/mol. The molecule has 3 heterocycles. The maximum Gasteiger partial charge on any atom is 0.410 e. The van der Waals surface area contributed by atoms with E-state index in [2.05, 4.69) is 33.9 Å². The molecule has 7 heteroatoms. The molecule has 0 N–H and O–H groups in total. The third-order valence-electron chi connectivity index (χ3n) is 6.11. The Balaban J connectivity index is 1.52. The average Bonchev–Trinajstić information content (AvgIpc) is 2.66. The highest BCUT2D eigenvalue weighted by Crippen LogP contribution is 2.42. The zero-order valence-electron chi connectivity index (χ0n) is 18.0. The first-order chi connectivity index (χ1) is 13.7. The van der Waals surface area contributed by atoms with Crippen molar-refractivity contribution in [1.29, 1.82) is 0 Å². The minimum Gasteiger partial charge on any atom is -0.467 e. The SMILES string of the molecule is COc1ncc2c(N3CCC4(CC3)CCN4C(=O)OC(C)(C)C)ccc(C)c2n1. The molecule has 2 fully saturated rings. The lowest BCUT2D eigenvalue weighted by molar-refractivity contribution is -0.0541. The summed E-state index contributed by atoms with van der Waals surface area (Å²) in [6.07, 6.45) is 4.61. The van der Waals surface area contributed by atoms with E-state index in [4.69, 9.17) is 9.47 Å². The van der Waals surface area contributed by atoms with Gasteiger partial charge in [0.25, 0.3) is 0 Å². The lowest BCUT2D eigenvalue weighted by atomic mass is 9.76. The first kappa shape index (κ1) is 19.7. The Bertz CT molecular complexity index is 930. The maximum atomic E-state index is 12.6. The van der Waals surface area contributed by atoms with Crippen molar-refractivity contribution in [3.8, 4) is 6.01 Å². The van der Waals surface area contributed by atoms with Crippen molar-refractivity contribution in [2.45, 2.75) is 58.1 Å². The maximum absolute atomic E-state index is 12.6. The number of aryl methyl sites for hydroxylation is 1. The number of methoxy groups -OCH3 is 1. The number of amides is 1. The van der Waals surface area contributed by atoms with E-state index in [-0.39, 0.29) is 11.6 Å². The summed E-state index contributed by atoms with van der Waals surface area (Å²) in [5, 5.41) is 1.04. The van der Waals surface area contributed by atoms with E-state index in [9.17, 15) is 4.79 Å². The largest absolute Gasteiger partial charge is 0.467 e. The number of aromatic nitrogens is 2. The molecule has 1 amide bonds. The molecule has 0 saturated carbocycles. The molecular weight excluding hydrogens is 368 g/mol. The van der Waals surface area contributed by atoms with E-state index >= 15 is 0 Å². The molecule has 1 aromatic carbocycles. The number of carbonyl (C=O) groups is 1. The molecule has 2 saturated heterocycles. The monoisotopic (exact) mass is 398 g/mol. The second-order valence-electron chi connectivity index (χ2n) is 9.11. The van der Waals surface area contributed by atoms with E-state index in [0.29, 0.717) is 6.01 Å². The van der Waals surface area contributed by atoms with Crippen LogP contribution in [0.5, 0.6) is 6.01 Å². The number of likely N-dealkylation sites (tertiary alicyclic amines) is 1. The zero-order chi connectivity index (χ0) is 20.8. The van der Waals surface area contributed by atoms with Crippen molar-refractivity contribution >= 4 is 22.7 Å². The molecule has 0 bridgehead atoms. The quantitative estimate of drug-likeness (QED) is 0.764. The zero-order valence-corrected chi connectivity index (χ0v) is 18.0. The van der Waals surface area contributed by atoms with Gasteiger partial charge >= 0.3 is 12.1 Å². The summed E-state index contributed by atoms with van der Waals surface area (Å²) < 4.78 is 10.8. The molecule has 4 rings (SSSR count). The normalized spacial score (nSPS) is 18.7. The lowest BCUT2D eigenvalue weighted by Gasteiger charge is -2.56. The summed E-state index contributed by atoms with van der Waals surface area (Å²) >= 11 is 0. The molecule has 0 radical (unpaired) electrons. The summed E-state index contributed by atoms with van der Waals surface area (Å²) in [6.45, 7) is 10.4. The molecule has 0 unspecified atom stereocenters. The van der Waals surface area contributed by atoms with Crippen LogP contribution in [0.2, 0.25) is 0 Å². The van der Waals surface area contributed by atoms with E-state index in [0.717, 1.165) is 61.1 Å². The van der Waals surface area contributed by atoms with Gasteiger partial charge in [-0.2, -0.15) is 4.98 Å². The fourth-order valence-corrected chi connectivity index (χ4v) is 4.43. The Labute approximate surface area is 172 Å². The molecule has 2 aliphatic heterocycles. The van der Waals surface area contributed by atoms with Crippen molar-refractivity contribution in [2.75, 3.05) is 31.6 Å². The minimum atomic E-state index is -0.462. The number of hydrogen-bond acceptors (Lipinski definition) is 6. The predicted molar refractivity (Wildman–Crippen MR) is 113 cm³/mol. The second-order valence-corrected chi connectivity index (χ2v) is 9.11. The number of ether oxygens (including phenoxy) is 2. The van der Waals surface area contributed by atoms with Gasteiger partial charge in [0.2, 0.25) is 0 Å². The second kappa shape index (κ2) is 7.04. The van der Waals surface area contributed by atoms with Crippen molar-refractivity contribution < 1.29 is 14.3 Å². The first-order valence-electron chi connectivity index (χ1n) is 10.3. The number of rotatable bonds is 2. The Morgan fingerprint density at radius 3 is 2.41 bits per heavy atom. The van der Waals surface area contributed by atoms with Gasteiger partial charge in [-0.1, -0.05) is 6.07 Å². The molecule has 0 aliphatic carbocycles. The van der Waals surface area contributed by atoms with Crippen molar-refractivity contribution in [3.05, 3.63) is 23.9 Å². The van der Waals surface area contributed by atoms with Crippen molar-refractivity contribution in [1.82, 2.24) is 14.9 Å². The van der Waals surface area contributed by atoms with Gasteiger partial charge in [0.1, 0.15) is 5.60 Å². The summed E-state index contributed by atoms with van der Waals surface area (Å²) in [4.78, 5) is 25.8. The number of anilines is 1. The third kappa shape index (κ3) is 3.58. The molecule has 1 aromatic heterocycles. The first-order valence-corrected chi connectivity index (χ1v) is 10.3. The van der Waals surface area contributed by atoms with Crippen LogP contribution in [0.3, 0.4) is 0 Å². The van der Waals surface area contributed by atoms with E-state index < -0.39 is 5.60 Å². The van der Waals surface area contributed by atoms with Gasteiger partial charge in [0, 0.05) is 36.9 Å². The fraction of sp³-hybridized carbons (Fsp3) is 0.591. The fourth-order valence-electron chi connectivity index (χ4n) is 4.43. The van der Waals surface area contributed by atoms with Crippen LogP contribution in [0.15, 0.2) is 18.3 Å². The van der Waals surface area contributed by atoms with Crippen LogP contribution in [0.4, 0.5) is 10.5 Å². The highest BCUT2D eigenvalue weighted by atomic mass is 16.6. The van der Waals surface area contributed by atoms with Crippen LogP contribution in [-0.2, 0) is 4.74 Å². The lowest BCUT2D eigenvalue weighted by Crippen LogP contribution is -2.66. The van der Waals surface area contributed by atoms with E-state index in [1.807, 2.05) is 31.9 Å². The van der Waals surface area contributed by atoms with Gasteiger partial charge in [0.05, 0.1) is 18.2 Å². The van der Waals surface area contributed by atoms with E-state index in [1.54, 1.807) is 7.11 Å². The molecular formula is C22H30N4O3. The summed E-state index contributed by atoms with van der Waals surface area (Å²) in [6, 6.07) is 4.64. The number of piperidine rings is 1. The number of nitrogens with zero attached hydrogens (tertiary/aromatic N) is 4. The molecule has 156 valence electrons. The molecule has 0 atom stereocenters. The number of fused-ring (bicyclic) bond motifs is 1. The van der Waals surface area contributed by atoms with Gasteiger partial charge in [-0.15, -0.1) is 0 Å². The van der Waals surface area contributed by atoms with Crippen molar-refractivity contribution in [3.63, 3.8) is 0 Å². The Morgan fingerprint density at radius 2 is 1.83 bits per heavy atom. The highest BCUT2D eigenvalue weighted by Gasteiger charge is 2.50. The smallest absolute Gasteiger partial charge is 0.410 e. The van der Waals surface area contributed by atoms with Gasteiger partial charge in [-0.05, 0) is 58.6 Å². The summed E-state index contributed by atoms with van der Waals surface area (Å²) in [5.41, 5.74) is 2.66. The molecule has 7 nitrogen and oxygen atoms in total. The summed E-state index contributed by atoms with van der Waals surface area (Å²) in [7, 11) is 1.58. The van der Waals surface area contributed by atoms with Gasteiger partial charge < -0.3 is 19.3 Å². The Kier molecular flexibility index (Phi) is 4.79. The van der Waals surface area contributed by atoms with Crippen LogP contribution in [0, 0.1) is 6.92 Å². The van der Waals surface area contributed by atoms with Crippen LogP contribution in [0.25, 0.3) is 10.9 Å². The van der Waals surface area contributed by atoms with Gasteiger partial charge in [-0.25, -0.2) is 9.78 Å². The highest BCUT2D eigenvalue weighted by molar-refractivity contribution is 5.93. The van der Waals surface area contributed by atoms with Gasteiger partial charge in [0.15, 0.2) is 0 Å². The number of carbonyl (C=O) groups excluding carboxylic acids is 1. The third-order valence-corrected chi connectivity index (χ3v) is 6.11. The molecule has 29 heavy (non-hydrogen) atoms. The van der Waals surface area contributed by atoms with Crippen molar-refractivity contribution in [2.24, 2.45) is 0 Å². The summed E-state index contributed by atoms with van der Waals surface area (Å²) in [5.74, 6) is 0. The topological polar surface area (TPSA) is 67.8 Å². The van der Waals surface area contributed by atoms with Gasteiger partial charge in [-0.3, -0.25) is 0 Å². The van der Waals surface area contributed by atoms with Crippen LogP contribution in [-0.4, -0.2) is 58.8 Å². The number of benzene rings is 1. The van der Waals surface area contributed by atoms with Crippen LogP contribution >= 0.6 is 0 Å².